The summed E-state index contributed by atoms with van der Waals surface area (Å²) >= 11 is 0. The minimum absolute atomic E-state index is 0.00000567. The van der Waals surface area contributed by atoms with Crippen LogP contribution in [0.3, 0.4) is 0 Å². The van der Waals surface area contributed by atoms with Crippen LogP contribution in [0.25, 0.3) is 0 Å². The zero-order valence-electron chi connectivity index (χ0n) is 11.4. The molecule has 2 saturated heterocycles. The van der Waals surface area contributed by atoms with Crippen LogP contribution in [0.5, 0.6) is 5.75 Å². The third kappa shape index (κ3) is 2.03. The average molecular weight is 274 g/mol. The minimum atomic E-state index is -0.183. The number of aromatic hydroxyl groups is 1. The molecule has 0 spiro atoms. The number of phenols is 1. The highest BCUT2D eigenvalue weighted by Gasteiger charge is 2.43. The number of phenolic OH excluding ortho intramolecular Hbond substituents is 1. The Balaban J connectivity index is 1.90. The molecular weight excluding hydrogens is 256 g/mol. The van der Waals surface area contributed by atoms with Gasteiger partial charge in [-0.3, -0.25) is 9.59 Å². The van der Waals surface area contributed by atoms with E-state index >= 15 is 0 Å². The molecule has 0 saturated carbocycles. The van der Waals surface area contributed by atoms with Crippen LogP contribution in [0.1, 0.15) is 28.8 Å². The van der Waals surface area contributed by atoms with Crippen molar-refractivity contribution in [1.82, 2.24) is 10.2 Å². The SMILES string of the molecule is Cc1ccc(O)c(C(=O)N2CCCC3C(=O)NCC32)c1. The Morgan fingerprint density at radius 2 is 2.25 bits per heavy atom. The number of rotatable bonds is 1. The largest absolute Gasteiger partial charge is 0.507 e. The second kappa shape index (κ2) is 4.81. The molecule has 2 aliphatic rings. The van der Waals surface area contributed by atoms with Crippen molar-refractivity contribution in [3.8, 4) is 5.75 Å². The summed E-state index contributed by atoms with van der Waals surface area (Å²) in [6.45, 7) is 3.04. The molecule has 2 fully saturated rings. The summed E-state index contributed by atoms with van der Waals surface area (Å²) in [5.41, 5.74) is 1.25. The van der Waals surface area contributed by atoms with Crippen molar-refractivity contribution >= 4 is 11.8 Å². The molecule has 3 rings (SSSR count). The molecule has 0 bridgehead atoms. The summed E-state index contributed by atoms with van der Waals surface area (Å²) in [5, 5.41) is 12.7. The molecule has 0 aromatic heterocycles. The summed E-state index contributed by atoms with van der Waals surface area (Å²) in [6.07, 6.45) is 1.66. The van der Waals surface area contributed by atoms with Gasteiger partial charge in [0.15, 0.2) is 0 Å². The van der Waals surface area contributed by atoms with Crippen molar-refractivity contribution in [2.45, 2.75) is 25.8 Å². The van der Waals surface area contributed by atoms with Gasteiger partial charge in [0.25, 0.3) is 5.91 Å². The molecule has 2 aliphatic heterocycles. The highest BCUT2D eigenvalue weighted by atomic mass is 16.3. The molecule has 1 aromatic rings. The van der Waals surface area contributed by atoms with Crippen LogP contribution in [-0.4, -0.2) is 41.0 Å². The number of hydrogen-bond acceptors (Lipinski definition) is 3. The molecule has 5 heteroatoms. The van der Waals surface area contributed by atoms with Crippen LogP contribution in [0, 0.1) is 12.8 Å². The van der Waals surface area contributed by atoms with Gasteiger partial charge in [0.2, 0.25) is 5.91 Å². The second-order valence-electron chi connectivity index (χ2n) is 5.58. The molecule has 2 amide bonds. The smallest absolute Gasteiger partial charge is 0.257 e. The van der Waals surface area contributed by atoms with Gasteiger partial charge in [-0.05, 0) is 31.9 Å². The van der Waals surface area contributed by atoms with Crippen LogP contribution in [0.2, 0.25) is 0 Å². The van der Waals surface area contributed by atoms with Gasteiger partial charge in [0.1, 0.15) is 5.75 Å². The molecule has 2 heterocycles. The molecule has 0 radical (unpaired) electrons. The Morgan fingerprint density at radius 1 is 1.45 bits per heavy atom. The van der Waals surface area contributed by atoms with E-state index < -0.39 is 0 Å². The fourth-order valence-corrected chi connectivity index (χ4v) is 3.18. The second-order valence-corrected chi connectivity index (χ2v) is 5.58. The number of piperidine rings is 1. The number of likely N-dealkylation sites (tertiary alicyclic amines) is 1. The Kier molecular flexibility index (Phi) is 3.12. The van der Waals surface area contributed by atoms with Gasteiger partial charge in [0, 0.05) is 13.1 Å². The van der Waals surface area contributed by atoms with E-state index in [4.69, 9.17) is 0 Å². The first-order valence-electron chi connectivity index (χ1n) is 6.96. The standard InChI is InChI=1S/C15H18N2O3/c1-9-4-5-13(18)11(7-9)15(20)17-6-2-3-10-12(17)8-16-14(10)19/h4-5,7,10,12,18H,2-3,6,8H2,1H3,(H,16,19). The van der Waals surface area contributed by atoms with Gasteiger partial charge < -0.3 is 15.3 Å². The molecule has 106 valence electrons. The van der Waals surface area contributed by atoms with Crippen LogP contribution in [0.4, 0.5) is 0 Å². The van der Waals surface area contributed by atoms with Gasteiger partial charge in [-0.25, -0.2) is 0 Å². The van der Waals surface area contributed by atoms with Gasteiger partial charge in [0.05, 0.1) is 17.5 Å². The number of hydrogen-bond donors (Lipinski definition) is 2. The van der Waals surface area contributed by atoms with E-state index in [1.165, 1.54) is 0 Å². The van der Waals surface area contributed by atoms with Crippen molar-refractivity contribution in [2.24, 2.45) is 5.92 Å². The highest BCUT2D eigenvalue weighted by Crippen LogP contribution is 2.30. The predicted molar refractivity (Wildman–Crippen MR) is 73.4 cm³/mol. The van der Waals surface area contributed by atoms with Crippen LogP contribution in [-0.2, 0) is 4.79 Å². The number of aryl methyl sites for hydroxylation is 1. The number of fused-ring (bicyclic) bond motifs is 1. The van der Waals surface area contributed by atoms with Crippen LogP contribution in [0.15, 0.2) is 18.2 Å². The monoisotopic (exact) mass is 274 g/mol. The van der Waals surface area contributed by atoms with E-state index in [2.05, 4.69) is 5.32 Å². The van der Waals surface area contributed by atoms with E-state index in [9.17, 15) is 14.7 Å². The van der Waals surface area contributed by atoms with Gasteiger partial charge in [-0.15, -0.1) is 0 Å². The van der Waals surface area contributed by atoms with E-state index in [-0.39, 0.29) is 29.5 Å². The van der Waals surface area contributed by atoms with E-state index in [1.807, 2.05) is 6.92 Å². The molecule has 2 unspecified atom stereocenters. The lowest BCUT2D eigenvalue weighted by Crippen LogP contribution is -2.48. The maximum atomic E-state index is 12.6. The number of carbonyl (C=O) groups excluding carboxylic acids is 2. The molecule has 20 heavy (non-hydrogen) atoms. The molecular formula is C15H18N2O3. The average Bonchev–Trinajstić information content (AvgIpc) is 2.83. The van der Waals surface area contributed by atoms with E-state index in [0.29, 0.717) is 18.7 Å². The lowest BCUT2D eigenvalue weighted by atomic mass is 9.91. The van der Waals surface area contributed by atoms with Crippen molar-refractivity contribution in [2.75, 3.05) is 13.1 Å². The molecule has 0 aliphatic carbocycles. The maximum absolute atomic E-state index is 12.6. The number of amides is 2. The molecule has 2 N–H and O–H groups in total. The zero-order chi connectivity index (χ0) is 14.3. The first kappa shape index (κ1) is 13.0. The summed E-state index contributed by atoms with van der Waals surface area (Å²) in [4.78, 5) is 26.1. The molecule has 1 aromatic carbocycles. The van der Waals surface area contributed by atoms with Gasteiger partial charge in [-0.2, -0.15) is 0 Å². The predicted octanol–water partition coefficient (Wildman–Crippen LogP) is 1.05. The quantitative estimate of drug-likeness (QED) is 0.804. The van der Waals surface area contributed by atoms with E-state index in [0.717, 1.165) is 18.4 Å². The van der Waals surface area contributed by atoms with Gasteiger partial charge in [-0.1, -0.05) is 11.6 Å². The van der Waals surface area contributed by atoms with Crippen molar-refractivity contribution in [3.63, 3.8) is 0 Å². The Morgan fingerprint density at radius 3 is 3.05 bits per heavy atom. The minimum Gasteiger partial charge on any atom is -0.507 e. The van der Waals surface area contributed by atoms with Crippen LogP contribution >= 0.6 is 0 Å². The molecule has 2 atom stereocenters. The van der Waals surface area contributed by atoms with Crippen LogP contribution < -0.4 is 5.32 Å². The normalized spacial score (nSPS) is 25.2. The first-order valence-corrected chi connectivity index (χ1v) is 6.96. The summed E-state index contributed by atoms with van der Waals surface area (Å²) < 4.78 is 0. The fraction of sp³-hybridized carbons (Fsp3) is 0.467. The Bertz CT molecular complexity index is 570. The van der Waals surface area contributed by atoms with Crippen molar-refractivity contribution in [1.29, 1.82) is 0 Å². The molecule has 5 nitrogen and oxygen atoms in total. The van der Waals surface area contributed by atoms with E-state index in [1.54, 1.807) is 23.1 Å². The number of nitrogens with one attached hydrogen (secondary N) is 1. The van der Waals surface area contributed by atoms with Gasteiger partial charge >= 0.3 is 0 Å². The third-order valence-electron chi connectivity index (χ3n) is 4.24. The summed E-state index contributed by atoms with van der Waals surface area (Å²) in [6, 6.07) is 4.93. The fourth-order valence-electron chi connectivity index (χ4n) is 3.18. The number of benzene rings is 1. The lowest BCUT2D eigenvalue weighted by Gasteiger charge is -2.36. The van der Waals surface area contributed by atoms with Crippen molar-refractivity contribution < 1.29 is 14.7 Å². The number of nitrogens with zero attached hydrogens (tertiary/aromatic N) is 1. The Hall–Kier alpha value is -2.04. The van der Waals surface area contributed by atoms with Crippen molar-refractivity contribution in [3.05, 3.63) is 29.3 Å². The highest BCUT2D eigenvalue weighted by molar-refractivity contribution is 5.98. The third-order valence-corrected chi connectivity index (χ3v) is 4.24. The first-order chi connectivity index (χ1) is 9.58. The summed E-state index contributed by atoms with van der Waals surface area (Å²) in [7, 11) is 0. The topological polar surface area (TPSA) is 69.6 Å². The lowest BCUT2D eigenvalue weighted by molar-refractivity contribution is -0.123. The summed E-state index contributed by atoms with van der Waals surface area (Å²) in [5.74, 6) is -0.238. The zero-order valence-corrected chi connectivity index (χ0v) is 11.4. The number of carbonyl (C=O) groups is 2. The Labute approximate surface area is 117 Å². The maximum Gasteiger partial charge on any atom is 0.257 e.